The van der Waals surface area contributed by atoms with Crippen LogP contribution >= 0.6 is 0 Å². The van der Waals surface area contributed by atoms with Gasteiger partial charge >= 0.3 is 6.09 Å². The molecule has 124 valence electrons. The first-order chi connectivity index (χ1) is 10.1. The molecule has 0 saturated heterocycles. The Morgan fingerprint density at radius 1 is 1.23 bits per heavy atom. The average molecular weight is 307 g/mol. The molecule has 5 heteroatoms. The van der Waals surface area contributed by atoms with Gasteiger partial charge in [0, 0.05) is 31.4 Å². The van der Waals surface area contributed by atoms with Crippen molar-refractivity contribution >= 4 is 6.09 Å². The lowest BCUT2D eigenvalue weighted by Gasteiger charge is -2.36. The van der Waals surface area contributed by atoms with Crippen molar-refractivity contribution in [1.82, 2.24) is 15.2 Å². The first-order valence-corrected chi connectivity index (χ1v) is 7.71. The minimum atomic E-state index is -0.484. The minimum Gasteiger partial charge on any atom is -0.444 e. The highest BCUT2D eigenvalue weighted by atomic mass is 16.6. The highest BCUT2D eigenvalue weighted by molar-refractivity contribution is 5.69. The molecule has 5 nitrogen and oxygen atoms in total. The quantitative estimate of drug-likeness (QED) is 0.849. The number of nitrogens with zero attached hydrogens (tertiary/aromatic N) is 2. The van der Waals surface area contributed by atoms with E-state index in [0.717, 1.165) is 5.69 Å². The van der Waals surface area contributed by atoms with Gasteiger partial charge in [0.25, 0.3) is 0 Å². The van der Waals surface area contributed by atoms with Gasteiger partial charge in [-0.2, -0.15) is 0 Å². The molecule has 0 radical (unpaired) electrons. The van der Waals surface area contributed by atoms with Crippen LogP contribution in [0, 0.1) is 0 Å². The summed E-state index contributed by atoms with van der Waals surface area (Å²) in [6, 6.07) is 5.84. The highest BCUT2D eigenvalue weighted by Gasteiger charge is 2.30. The SMILES string of the molecule is CC(C)(C)OC(=O)N(CCNCc1ccccn1)C(C)(C)C. The van der Waals surface area contributed by atoms with Crippen molar-refractivity contribution < 1.29 is 9.53 Å². The zero-order valence-electron chi connectivity index (χ0n) is 14.6. The van der Waals surface area contributed by atoms with Crippen molar-refractivity contribution in [2.75, 3.05) is 13.1 Å². The molecular weight excluding hydrogens is 278 g/mol. The second kappa shape index (κ2) is 7.58. The molecule has 0 unspecified atom stereocenters. The minimum absolute atomic E-state index is 0.278. The highest BCUT2D eigenvalue weighted by Crippen LogP contribution is 2.17. The second-order valence-corrected chi connectivity index (χ2v) is 7.30. The van der Waals surface area contributed by atoms with E-state index in [-0.39, 0.29) is 11.6 Å². The molecule has 0 bridgehead atoms. The summed E-state index contributed by atoms with van der Waals surface area (Å²) in [5, 5.41) is 3.31. The molecule has 0 atom stereocenters. The van der Waals surface area contributed by atoms with Gasteiger partial charge in [-0.05, 0) is 53.7 Å². The van der Waals surface area contributed by atoms with E-state index in [1.165, 1.54) is 0 Å². The molecule has 0 fully saturated rings. The van der Waals surface area contributed by atoms with Crippen LogP contribution in [-0.4, -0.2) is 40.2 Å². The Kier molecular flexibility index (Phi) is 6.35. The van der Waals surface area contributed by atoms with Crippen molar-refractivity contribution in [1.29, 1.82) is 0 Å². The van der Waals surface area contributed by atoms with Crippen LogP contribution in [0.4, 0.5) is 4.79 Å². The number of amides is 1. The van der Waals surface area contributed by atoms with E-state index in [2.05, 4.69) is 10.3 Å². The van der Waals surface area contributed by atoms with E-state index < -0.39 is 5.60 Å². The molecule has 0 saturated carbocycles. The van der Waals surface area contributed by atoms with Gasteiger partial charge in [0.05, 0.1) is 5.69 Å². The van der Waals surface area contributed by atoms with Crippen molar-refractivity contribution in [3.8, 4) is 0 Å². The van der Waals surface area contributed by atoms with Crippen LogP contribution in [0.3, 0.4) is 0 Å². The van der Waals surface area contributed by atoms with Gasteiger partial charge in [-0.3, -0.25) is 4.98 Å². The van der Waals surface area contributed by atoms with Crippen molar-refractivity contribution in [3.05, 3.63) is 30.1 Å². The lowest BCUT2D eigenvalue weighted by molar-refractivity contribution is 0.00663. The van der Waals surface area contributed by atoms with Crippen LogP contribution in [0.25, 0.3) is 0 Å². The fourth-order valence-corrected chi connectivity index (χ4v) is 1.93. The van der Waals surface area contributed by atoms with E-state index in [1.807, 2.05) is 59.7 Å². The predicted octanol–water partition coefficient (Wildman–Crippen LogP) is 3.21. The van der Waals surface area contributed by atoms with Crippen LogP contribution in [0.2, 0.25) is 0 Å². The third kappa shape index (κ3) is 6.89. The Morgan fingerprint density at radius 2 is 1.91 bits per heavy atom. The zero-order valence-corrected chi connectivity index (χ0v) is 14.6. The van der Waals surface area contributed by atoms with Crippen LogP contribution in [0.1, 0.15) is 47.2 Å². The second-order valence-electron chi connectivity index (χ2n) is 7.30. The van der Waals surface area contributed by atoms with Crippen molar-refractivity contribution in [2.24, 2.45) is 0 Å². The number of rotatable bonds is 5. The van der Waals surface area contributed by atoms with E-state index >= 15 is 0 Å². The topological polar surface area (TPSA) is 54.5 Å². The standard InChI is InChI=1S/C17H29N3O2/c1-16(2,3)20(15(21)22-17(4,5)6)12-11-18-13-14-9-7-8-10-19-14/h7-10,18H,11-13H2,1-6H3. The summed E-state index contributed by atoms with van der Waals surface area (Å²) in [7, 11) is 0. The summed E-state index contributed by atoms with van der Waals surface area (Å²) in [4.78, 5) is 18.3. The maximum atomic E-state index is 12.3. The predicted molar refractivity (Wildman–Crippen MR) is 88.6 cm³/mol. The van der Waals surface area contributed by atoms with Gasteiger partial charge in [-0.1, -0.05) is 6.07 Å². The molecule has 0 spiro atoms. The number of nitrogens with one attached hydrogen (secondary N) is 1. The smallest absolute Gasteiger partial charge is 0.410 e. The van der Waals surface area contributed by atoms with Crippen LogP contribution in [0.5, 0.6) is 0 Å². The Bertz CT molecular complexity index is 461. The number of carbonyl (C=O) groups excluding carboxylic acids is 1. The van der Waals surface area contributed by atoms with Crippen LogP contribution < -0.4 is 5.32 Å². The summed E-state index contributed by atoms with van der Waals surface area (Å²) in [6.07, 6.45) is 1.50. The maximum Gasteiger partial charge on any atom is 0.410 e. The zero-order chi connectivity index (χ0) is 16.8. The Morgan fingerprint density at radius 3 is 2.41 bits per heavy atom. The van der Waals surface area contributed by atoms with Gasteiger partial charge in [0.15, 0.2) is 0 Å². The number of hydrogen-bond donors (Lipinski definition) is 1. The third-order valence-electron chi connectivity index (χ3n) is 2.97. The van der Waals surface area contributed by atoms with E-state index in [0.29, 0.717) is 19.6 Å². The Hall–Kier alpha value is -1.62. The van der Waals surface area contributed by atoms with Gasteiger partial charge in [0.1, 0.15) is 5.60 Å². The molecular formula is C17H29N3O2. The molecule has 0 aromatic carbocycles. The third-order valence-corrected chi connectivity index (χ3v) is 2.97. The fourth-order valence-electron chi connectivity index (χ4n) is 1.93. The Labute approximate surface area is 134 Å². The number of aromatic nitrogens is 1. The van der Waals surface area contributed by atoms with Gasteiger partial charge in [-0.15, -0.1) is 0 Å². The monoisotopic (exact) mass is 307 g/mol. The first kappa shape index (κ1) is 18.4. The Balaban J connectivity index is 2.50. The molecule has 0 aliphatic carbocycles. The molecule has 1 aromatic heterocycles. The van der Waals surface area contributed by atoms with Crippen molar-refractivity contribution in [2.45, 2.75) is 59.2 Å². The van der Waals surface area contributed by atoms with Gasteiger partial charge in [0.2, 0.25) is 0 Å². The number of hydrogen-bond acceptors (Lipinski definition) is 4. The van der Waals surface area contributed by atoms with E-state index in [9.17, 15) is 4.79 Å². The van der Waals surface area contributed by atoms with Gasteiger partial charge in [-0.25, -0.2) is 4.79 Å². The largest absolute Gasteiger partial charge is 0.444 e. The fraction of sp³-hybridized carbons (Fsp3) is 0.647. The average Bonchev–Trinajstić information content (AvgIpc) is 2.36. The molecule has 1 N–H and O–H groups in total. The molecule has 1 rings (SSSR count). The van der Waals surface area contributed by atoms with E-state index in [4.69, 9.17) is 4.74 Å². The normalized spacial score (nSPS) is 12.1. The number of pyridine rings is 1. The molecule has 0 aliphatic heterocycles. The van der Waals surface area contributed by atoms with Crippen molar-refractivity contribution in [3.63, 3.8) is 0 Å². The number of ether oxygens (including phenoxy) is 1. The van der Waals surface area contributed by atoms with E-state index in [1.54, 1.807) is 11.1 Å². The summed E-state index contributed by atoms with van der Waals surface area (Å²) in [6.45, 7) is 13.6. The first-order valence-electron chi connectivity index (χ1n) is 7.71. The molecule has 0 aliphatic rings. The molecule has 22 heavy (non-hydrogen) atoms. The van der Waals surface area contributed by atoms with Gasteiger partial charge < -0.3 is 15.0 Å². The molecule has 1 aromatic rings. The number of carbonyl (C=O) groups is 1. The lowest BCUT2D eigenvalue weighted by Crippen LogP contribution is -2.50. The molecule has 1 amide bonds. The summed E-state index contributed by atoms with van der Waals surface area (Å²) >= 11 is 0. The maximum absolute atomic E-state index is 12.3. The summed E-state index contributed by atoms with van der Waals surface area (Å²) in [5.74, 6) is 0. The van der Waals surface area contributed by atoms with Crippen LogP contribution in [-0.2, 0) is 11.3 Å². The van der Waals surface area contributed by atoms with Crippen LogP contribution in [0.15, 0.2) is 24.4 Å². The summed E-state index contributed by atoms with van der Waals surface area (Å²) in [5.41, 5.74) is 0.221. The lowest BCUT2D eigenvalue weighted by atomic mass is 10.1. The molecule has 1 heterocycles. The summed E-state index contributed by atoms with van der Waals surface area (Å²) < 4.78 is 5.49.